The second-order valence-electron chi connectivity index (χ2n) is 7.19. The first-order valence-corrected chi connectivity index (χ1v) is 10.2. The van der Waals surface area contributed by atoms with Crippen LogP contribution in [0.15, 0.2) is 47.5 Å². The highest BCUT2D eigenvalue weighted by molar-refractivity contribution is 5.87. The van der Waals surface area contributed by atoms with Crippen LogP contribution in [0, 0.1) is 0 Å². The number of nitrogens with one attached hydrogen (secondary N) is 1. The van der Waals surface area contributed by atoms with Crippen LogP contribution in [0.1, 0.15) is 19.8 Å². The van der Waals surface area contributed by atoms with E-state index in [0.717, 1.165) is 30.5 Å². The third kappa shape index (κ3) is 4.88. The van der Waals surface area contributed by atoms with E-state index in [1.165, 1.54) is 6.08 Å². The number of nitrogens with two attached hydrogens (primary N) is 1. The van der Waals surface area contributed by atoms with Gasteiger partial charge in [0.25, 0.3) is 5.56 Å². The maximum absolute atomic E-state index is 12.7. The molecule has 2 aromatic rings. The van der Waals surface area contributed by atoms with Crippen LogP contribution in [0.25, 0.3) is 11.1 Å². The zero-order chi connectivity index (χ0) is 21.5. The Balaban J connectivity index is 1.88. The molecule has 1 aliphatic rings. The first-order valence-electron chi connectivity index (χ1n) is 10.2. The van der Waals surface area contributed by atoms with Crippen LogP contribution in [0.4, 0.5) is 5.69 Å². The quantitative estimate of drug-likeness (QED) is 0.673. The van der Waals surface area contributed by atoms with E-state index in [9.17, 15) is 9.59 Å². The minimum absolute atomic E-state index is 0.0345. The molecule has 8 heteroatoms. The number of hydrogen-bond acceptors (Lipinski definition) is 6. The van der Waals surface area contributed by atoms with Gasteiger partial charge in [0.1, 0.15) is 5.69 Å². The zero-order valence-corrected chi connectivity index (χ0v) is 17.5. The van der Waals surface area contributed by atoms with Crippen molar-refractivity contribution in [2.75, 3.05) is 38.2 Å². The van der Waals surface area contributed by atoms with Crippen LogP contribution in [0.3, 0.4) is 0 Å². The normalized spacial score (nSPS) is 16.6. The van der Waals surface area contributed by atoms with Crippen molar-refractivity contribution in [1.82, 2.24) is 14.9 Å². The Morgan fingerprint density at radius 2 is 2.27 bits per heavy atom. The molecule has 3 heterocycles. The highest BCUT2D eigenvalue weighted by Gasteiger charge is 2.28. The molecule has 0 aromatic carbocycles. The summed E-state index contributed by atoms with van der Waals surface area (Å²) in [5.41, 5.74) is 7.69. The summed E-state index contributed by atoms with van der Waals surface area (Å²) < 4.78 is 5.21. The number of carbonyl (C=O) groups is 1. The molecule has 3 N–H and O–H groups in total. The fraction of sp³-hybridized carbons (Fsp3) is 0.409. The maximum atomic E-state index is 12.7. The molecule has 1 aliphatic heterocycles. The summed E-state index contributed by atoms with van der Waals surface area (Å²) in [5, 5.41) is 0. The standard InChI is InChI=1S/C22H29N5O3/c1-3-27(18-6-5-11-26(15-18)21(28)7-4-9-23)19-12-17(14-25-22(19)29)16-8-10-24-20(13-16)30-2/h4,7-8,10,12-14,18H,3,5-6,9,11,15,23H2,1-2H3,(H,25,29)/t18-/m0/s1. The van der Waals surface area contributed by atoms with Gasteiger partial charge in [0.05, 0.1) is 7.11 Å². The first-order chi connectivity index (χ1) is 14.6. The molecule has 3 rings (SSSR count). The van der Waals surface area contributed by atoms with E-state index in [4.69, 9.17) is 10.5 Å². The second-order valence-corrected chi connectivity index (χ2v) is 7.19. The van der Waals surface area contributed by atoms with Crippen LogP contribution >= 0.6 is 0 Å². The van der Waals surface area contributed by atoms with Crippen LogP contribution in [-0.2, 0) is 4.79 Å². The van der Waals surface area contributed by atoms with Crippen molar-refractivity contribution in [3.05, 3.63) is 53.1 Å². The van der Waals surface area contributed by atoms with Gasteiger partial charge < -0.3 is 25.3 Å². The van der Waals surface area contributed by atoms with Crippen molar-refractivity contribution in [3.63, 3.8) is 0 Å². The van der Waals surface area contributed by atoms with Gasteiger partial charge >= 0.3 is 0 Å². The summed E-state index contributed by atoms with van der Waals surface area (Å²) >= 11 is 0. The van der Waals surface area contributed by atoms with Crippen molar-refractivity contribution in [1.29, 1.82) is 0 Å². The van der Waals surface area contributed by atoms with E-state index in [2.05, 4.69) is 14.9 Å². The number of likely N-dealkylation sites (N-methyl/N-ethyl adjacent to an activating group) is 1. The lowest BCUT2D eigenvalue weighted by Gasteiger charge is -2.39. The maximum Gasteiger partial charge on any atom is 0.271 e. The summed E-state index contributed by atoms with van der Waals surface area (Å²) in [5.74, 6) is 0.479. The van der Waals surface area contributed by atoms with E-state index in [-0.39, 0.29) is 17.5 Å². The number of H-pyrrole nitrogens is 1. The number of likely N-dealkylation sites (tertiary alicyclic amines) is 1. The van der Waals surface area contributed by atoms with Gasteiger partial charge in [0, 0.05) is 62.3 Å². The average Bonchev–Trinajstić information content (AvgIpc) is 2.79. The molecule has 0 radical (unpaired) electrons. The van der Waals surface area contributed by atoms with Gasteiger partial charge in [-0.2, -0.15) is 0 Å². The fourth-order valence-corrected chi connectivity index (χ4v) is 3.86. The van der Waals surface area contributed by atoms with E-state index < -0.39 is 0 Å². The Morgan fingerprint density at radius 3 is 3.00 bits per heavy atom. The van der Waals surface area contributed by atoms with Crippen molar-refractivity contribution in [2.45, 2.75) is 25.8 Å². The molecule has 0 saturated carbocycles. The number of ether oxygens (including phenoxy) is 1. The van der Waals surface area contributed by atoms with Crippen LogP contribution in [0.5, 0.6) is 5.88 Å². The number of anilines is 1. The Hall–Kier alpha value is -3.13. The van der Waals surface area contributed by atoms with E-state index in [1.54, 1.807) is 25.6 Å². The number of nitrogens with zero attached hydrogens (tertiary/aromatic N) is 3. The lowest BCUT2D eigenvalue weighted by atomic mass is 10.0. The second kappa shape index (κ2) is 10.1. The SMILES string of the molecule is CCN(c1cc(-c2ccnc(OC)c2)c[nH]c1=O)[C@H]1CCCN(C(=O)C=CCN)C1. The predicted molar refractivity (Wildman–Crippen MR) is 118 cm³/mol. The van der Waals surface area contributed by atoms with E-state index >= 15 is 0 Å². The number of aromatic amines is 1. The Morgan fingerprint density at radius 1 is 1.43 bits per heavy atom. The lowest BCUT2D eigenvalue weighted by molar-refractivity contribution is -0.127. The minimum Gasteiger partial charge on any atom is -0.481 e. The first kappa shape index (κ1) is 21.6. The molecule has 30 heavy (non-hydrogen) atoms. The predicted octanol–water partition coefficient (Wildman–Crippen LogP) is 1.78. The summed E-state index contributed by atoms with van der Waals surface area (Å²) in [6.07, 6.45) is 8.38. The summed E-state index contributed by atoms with van der Waals surface area (Å²) in [6, 6.07) is 5.67. The molecular formula is C22H29N5O3. The smallest absolute Gasteiger partial charge is 0.271 e. The molecule has 0 aliphatic carbocycles. The number of pyridine rings is 2. The van der Waals surface area contributed by atoms with Gasteiger partial charge in [-0.1, -0.05) is 6.08 Å². The molecule has 0 spiro atoms. The molecular weight excluding hydrogens is 382 g/mol. The summed E-state index contributed by atoms with van der Waals surface area (Å²) in [4.78, 5) is 36.0. The number of methoxy groups -OCH3 is 1. The van der Waals surface area contributed by atoms with E-state index in [1.807, 2.05) is 30.0 Å². The highest BCUT2D eigenvalue weighted by atomic mass is 16.5. The molecule has 0 unspecified atom stereocenters. The number of amides is 1. The lowest BCUT2D eigenvalue weighted by Crippen LogP contribution is -2.50. The third-order valence-corrected chi connectivity index (χ3v) is 5.36. The monoisotopic (exact) mass is 411 g/mol. The zero-order valence-electron chi connectivity index (χ0n) is 17.5. The topological polar surface area (TPSA) is 105 Å². The highest BCUT2D eigenvalue weighted by Crippen LogP contribution is 2.26. The van der Waals surface area contributed by atoms with Gasteiger partial charge in [0.2, 0.25) is 11.8 Å². The average molecular weight is 412 g/mol. The number of hydrogen-bond donors (Lipinski definition) is 2. The summed E-state index contributed by atoms with van der Waals surface area (Å²) in [6.45, 7) is 4.32. The van der Waals surface area contributed by atoms with Crippen molar-refractivity contribution < 1.29 is 9.53 Å². The molecule has 0 bridgehead atoms. The number of aromatic nitrogens is 2. The molecule has 1 saturated heterocycles. The van der Waals surface area contributed by atoms with E-state index in [0.29, 0.717) is 31.2 Å². The van der Waals surface area contributed by atoms with Gasteiger partial charge in [0.15, 0.2) is 0 Å². The Kier molecular flexibility index (Phi) is 7.24. The Bertz CT molecular complexity index is 956. The van der Waals surface area contributed by atoms with Crippen molar-refractivity contribution in [2.24, 2.45) is 5.73 Å². The molecule has 1 fully saturated rings. The van der Waals surface area contributed by atoms with Crippen LogP contribution in [-0.4, -0.2) is 60.1 Å². The molecule has 160 valence electrons. The van der Waals surface area contributed by atoms with Gasteiger partial charge in [-0.15, -0.1) is 0 Å². The molecule has 8 nitrogen and oxygen atoms in total. The van der Waals surface area contributed by atoms with Gasteiger partial charge in [-0.05, 0) is 37.5 Å². The van der Waals surface area contributed by atoms with Gasteiger partial charge in [-0.25, -0.2) is 4.98 Å². The van der Waals surface area contributed by atoms with Crippen molar-refractivity contribution in [3.8, 4) is 17.0 Å². The largest absolute Gasteiger partial charge is 0.481 e. The van der Waals surface area contributed by atoms with Crippen LogP contribution < -0.4 is 20.9 Å². The Labute approximate surface area is 176 Å². The van der Waals surface area contributed by atoms with Crippen molar-refractivity contribution >= 4 is 11.6 Å². The minimum atomic E-state index is -0.145. The number of carbonyl (C=O) groups excluding carboxylic acids is 1. The molecule has 2 aromatic heterocycles. The molecule has 1 amide bonds. The third-order valence-electron chi connectivity index (χ3n) is 5.36. The fourth-order valence-electron chi connectivity index (χ4n) is 3.86. The number of rotatable bonds is 7. The van der Waals surface area contributed by atoms with Gasteiger partial charge in [-0.3, -0.25) is 9.59 Å². The number of piperidine rings is 1. The molecule has 1 atom stereocenters. The summed E-state index contributed by atoms with van der Waals surface area (Å²) in [7, 11) is 1.57. The van der Waals surface area contributed by atoms with Crippen LogP contribution in [0.2, 0.25) is 0 Å².